The van der Waals surface area contributed by atoms with Gasteiger partial charge in [0.1, 0.15) is 6.07 Å². The molecule has 1 aromatic rings. The second-order valence-electron chi connectivity index (χ2n) is 3.37. The third-order valence-corrected chi connectivity index (χ3v) is 2.39. The number of hydrogen-bond acceptors (Lipinski definition) is 3. The standard InChI is InChI=1S/C11H12N2O2/c1-7-9(5-12)6-13-8(2)10(7)3-4-11(14)15/h6H,3-4H2,1-2H3,(H,14,15). The number of aryl methyl sites for hydroxylation is 1. The van der Waals surface area contributed by atoms with Crippen molar-refractivity contribution in [3.8, 4) is 6.07 Å². The van der Waals surface area contributed by atoms with Crippen LogP contribution in [0, 0.1) is 25.2 Å². The van der Waals surface area contributed by atoms with Gasteiger partial charge in [-0.15, -0.1) is 0 Å². The molecule has 1 aromatic heterocycles. The van der Waals surface area contributed by atoms with Crippen LogP contribution in [0.2, 0.25) is 0 Å². The molecule has 0 aromatic carbocycles. The van der Waals surface area contributed by atoms with Gasteiger partial charge in [-0.25, -0.2) is 0 Å². The van der Waals surface area contributed by atoms with Crippen LogP contribution in [0.3, 0.4) is 0 Å². The number of rotatable bonds is 3. The lowest BCUT2D eigenvalue weighted by molar-refractivity contribution is -0.136. The third-order valence-electron chi connectivity index (χ3n) is 2.39. The molecule has 0 radical (unpaired) electrons. The summed E-state index contributed by atoms with van der Waals surface area (Å²) in [7, 11) is 0. The fourth-order valence-electron chi connectivity index (χ4n) is 1.48. The Morgan fingerprint density at radius 2 is 2.27 bits per heavy atom. The molecule has 0 aliphatic rings. The summed E-state index contributed by atoms with van der Waals surface area (Å²) in [6.07, 6.45) is 2.02. The van der Waals surface area contributed by atoms with Crippen LogP contribution in [0.15, 0.2) is 6.20 Å². The van der Waals surface area contributed by atoms with Crippen LogP contribution in [0.1, 0.15) is 28.8 Å². The van der Waals surface area contributed by atoms with Gasteiger partial charge in [-0.3, -0.25) is 9.78 Å². The predicted molar refractivity (Wildman–Crippen MR) is 54.4 cm³/mol. The minimum Gasteiger partial charge on any atom is -0.481 e. The molecule has 1 N–H and O–H groups in total. The van der Waals surface area contributed by atoms with Gasteiger partial charge in [0.25, 0.3) is 0 Å². The SMILES string of the molecule is Cc1ncc(C#N)c(C)c1CCC(=O)O. The maximum atomic E-state index is 10.5. The summed E-state index contributed by atoms with van der Waals surface area (Å²) in [6.45, 7) is 3.65. The topological polar surface area (TPSA) is 74.0 Å². The summed E-state index contributed by atoms with van der Waals surface area (Å²) >= 11 is 0. The zero-order valence-electron chi connectivity index (χ0n) is 8.74. The van der Waals surface area contributed by atoms with Crippen LogP contribution in [0.5, 0.6) is 0 Å². The van der Waals surface area contributed by atoms with Gasteiger partial charge in [-0.1, -0.05) is 0 Å². The van der Waals surface area contributed by atoms with Crippen LogP contribution >= 0.6 is 0 Å². The quantitative estimate of drug-likeness (QED) is 0.811. The smallest absolute Gasteiger partial charge is 0.303 e. The van der Waals surface area contributed by atoms with E-state index in [0.29, 0.717) is 12.0 Å². The molecular formula is C11H12N2O2. The lowest BCUT2D eigenvalue weighted by Gasteiger charge is -2.08. The van der Waals surface area contributed by atoms with Crippen LogP contribution < -0.4 is 0 Å². The fourth-order valence-corrected chi connectivity index (χ4v) is 1.48. The van der Waals surface area contributed by atoms with Crippen molar-refractivity contribution in [3.63, 3.8) is 0 Å². The summed E-state index contributed by atoms with van der Waals surface area (Å²) in [6, 6.07) is 2.04. The first kappa shape index (κ1) is 11.2. The molecular weight excluding hydrogens is 192 g/mol. The van der Waals surface area contributed by atoms with Gasteiger partial charge >= 0.3 is 5.97 Å². The average molecular weight is 204 g/mol. The van der Waals surface area contributed by atoms with Gasteiger partial charge in [-0.2, -0.15) is 5.26 Å². The van der Waals surface area contributed by atoms with E-state index < -0.39 is 5.97 Å². The molecule has 78 valence electrons. The van der Waals surface area contributed by atoms with Crippen molar-refractivity contribution < 1.29 is 9.90 Å². The largest absolute Gasteiger partial charge is 0.481 e. The van der Waals surface area contributed by atoms with Gasteiger partial charge in [-0.05, 0) is 31.4 Å². The summed E-state index contributed by atoms with van der Waals surface area (Å²) in [5.74, 6) is -0.837. The number of aromatic nitrogens is 1. The van der Waals surface area contributed by atoms with Crippen molar-refractivity contribution in [1.29, 1.82) is 5.26 Å². The minimum absolute atomic E-state index is 0.0677. The highest BCUT2D eigenvalue weighted by molar-refractivity contribution is 5.67. The molecule has 0 saturated heterocycles. The van der Waals surface area contributed by atoms with Crippen molar-refractivity contribution in [2.75, 3.05) is 0 Å². The van der Waals surface area contributed by atoms with E-state index in [1.54, 1.807) is 0 Å². The molecule has 0 aliphatic carbocycles. The monoisotopic (exact) mass is 204 g/mol. The van der Waals surface area contributed by atoms with E-state index in [1.807, 2.05) is 19.9 Å². The Morgan fingerprint density at radius 1 is 1.60 bits per heavy atom. The van der Waals surface area contributed by atoms with E-state index in [0.717, 1.165) is 16.8 Å². The average Bonchev–Trinajstić information content (AvgIpc) is 2.17. The van der Waals surface area contributed by atoms with E-state index in [9.17, 15) is 4.79 Å². The Kier molecular flexibility index (Phi) is 3.40. The number of nitriles is 1. The number of nitrogens with zero attached hydrogens (tertiary/aromatic N) is 2. The van der Waals surface area contributed by atoms with Gasteiger partial charge in [0.15, 0.2) is 0 Å². The van der Waals surface area contributed by atoms with Gasteiger partial charge < -0.3 is 5.11 Å². The summed E-state index contributed by atoms with van der Waals surface area (Å²) in [5, 5.41) is 17.4. The number of carboxylic acids is 1. The molecule has 15 heavy (non-hydrogen) atoms. The number of aliphatic carboxylic acids is 1. The van der Waals surface area contributed by atoms with Gasteiger partial charge in [0, 0.05) is 18.3 Å². The van der Waals surface area contributed by atoms with Crippen molar-refractivity contribution in [1.82, 2.24) is 4.98 Å². The molecule has 1 heterocycles. The van der Waals surface area contributed by atoms with Gasteiger partial charge in [0.05, 0.1) is 5.56 Å². The van der Waals surface area contributed by atoms with E-state index in [2.05, 4.69) is 4.98 Å². The molecule has 0 amide bonds. The van der Waals surface area contributed by atoms with Crippen molar-refractivity contribution >= 4 is 5.97 Å². The maximum absolute atomic E-state index is 10.5. The molecule has 4 heteroatoms. The lowest BCUT2D eigenvalue weighted by atomic mass is 9.99. The Morgan fingerprint density at radius 3 is 2.80 bits per heavy atom. The van der Waals surface area contributed by atoms with E-state index in [4.69, 9.17) is 10.4 Å². The zero-order chi connectivity index (χ0) is 11.4. The van der Waals surface area contributed by atoms with Crippen molar-refractivity contribution in [3.05, 3.63) is 28.6 Å². The fraction of sp³-hybridized carbons (Fsp3) is 0.364. The zero-order valence-corrected chi connectivity index (χ0v) is 8.74. The van der Waals surface area contributed by atoms with Crippen LogP contribution in [-0.4, -0.2) is 16.1 Å². The third kappa shape index (κ3) is 2.53. The summed E-state index contributed by atoms with van der Waals surface area (Å²) in [4.78, 5) is 14.5. The first-order valence-corrected chi connectivity index (χ1v) is 4.63. The molecule has 0 unspecified atom stereocenters. The highest BCUT2D eigenvalue weighted by atomic mass is 16.4. The summed E-state index contributed by atoms with van der Waals surface area (Å²) < 4.78 is 0. The van der Waals surface area contributed by atoms with Crippen LogP contribution in [0.25, 0.3) is 0 Å². The molecule has 0 aliphatic heterocycles. The first-order chi connectivity index (χ1) is 7.06. The molecule has 4 nitrogen and oxygen atoms in total. The molecule has 0 atom stereocenters. The summed E-state index contributed by atoms with van der Waals surface area (Å²) in [5.41, 5.74) is 3.02. The van der Waals surface area contributed by atoms with Crippen molar-refractivity contribution in [2.24, 2.45) is 0 Å². The Labute approximate surface area is 88.2 Å². The molecule has 0 bridgehead atoms. The molecule has 0 spiro atoms. The van der Waals surface area contributed by atoms with E-state index >= 15 is 0 Å². The van der Waals surface area contributed by atoms with Crippen LogP contribution in [0.4, 0.5) is 0 Å². The molecule has 1 rings (SSSR count). The Bertz CT molecular complexity index is 433. The lowest BCUT2D eigenvalue weighted by Crippen LogP contribution is -2.04. The number of carbonyl (C=O) groups is 1. The van der Waals surface area contributed by atoms with Crippen molar-refractivity contribution in [2.45, 2.75) is 26.7 Å². The number of hydrogen-bond donors (Lipinski definition) is 1. The maximum Gasteiger partial charge on any atom is 0.303 e. The normalized spacial score (nSPS) is 9.67. The number of pyridine rings is 1. The predicted octanol–water partition coefficient (Wildman–Crippen LogP) is 1.59. The van der Waals surface area contributed by atoms with Crippen LogP contribution in [-0.2, 0) is 11.2 Å². The molecule has 0 fully saturated rings. The Balaban J connectivity index is 3.05. The number of carboxylic acid groups (broad SMARTS) is 1. The highest BCUT2D eigenvalue weighted by Crippen LogP contribution is 2.16. The second kappa shape index (κ2) is 4.56. The van der Waals surface area contributed by atoms with Gasteiger partial charge in [0.2, 0.25) is 0 Å². The Hall–Kier alpha value is -1.89. The van der Waals surface area contributed by atoms with E-state index in [-0.39, 0.29) is 6.42 Å². The minimum atomic E-state index is -0.837. The van der Waals surface area contributed by atoms with E-state index in [1.165, 1.54) is 6.20 Å². The first-order valence-electron chi connectivity index (χ1n) is 4.63. The molecule has 0 saturated carbocycles. The second-order valence-corrected chi connectivity index (χ2v) is 3.37. The highest BCUT2D eigenvalue weighted by Gasteiger charge is 2.09.